The van der Waals surface area contributed by atoms with Crippen LogP contribution in [0.5, 0.6) is 0 Å². The maximum atomic E-state index is 5.73. The van der Waals surface area contributed by atoms with Gasteiger partial charge in [-0.15, -0.1) is 0 Å². The van der Waals surface area contributed by atoms with Gasteiger partial charge in [-0.3, -0.25) is 0 Å². The van der Waals surface area contributed by atoms with E-state index in [1.807, 2.05) is 0 Å². The zero-order chi connectivity index (χ0) is 8.01. The van der Waals surface area contributed by atoms with E-state index in [9.17, 15) is 0 Å². The van der Waals surface area contributed by atoms with Gasteiger partial charge in [-0.05, 0) is 17.8 Å². The van der Waals surface area contributed by atoms with E-state index in [1.165, 1.54) is 12.8 Å². The largest absolute Gasteiger partial charge is 0.374 e. The predicted octanol–water partition coefficient (Wildman–Crippen LogP) is 2.46. The molecule has 0 spiro atoms. The fourth-order valence-electron chi connectivity index (χ4n) is 2.95. The summed E-state index contributed by atoms with van der Waals surface area (Å²) in [4.78, 5) is 0. The molecule has 3 rings (SSSR count). The third-order valence-electron chi connectivity index (χ3n) is 3.46. The van der Waals surface area contributed by atoms with Crippen molar-refractivity contribution < 1.29 is 4.74 Å². The third-order valence-corrected chi connectivity index (χ3v) is 3.46. The van der Waals surface area contributed by atoms with Crippen LogP contribution in [-0.4, -0.2) is 12.2 Å². The lowest BCUT2D eigenvalue weighted by atomic mass is 9.85. The quantitative estimate of drug-likeness (QED) is 0.593. The smallest absolute Gasteiger partial charge is 0.0638 e. The zero-order valence-electron chi connectivity index (χ0n) is 7.71. The van der Waals surface area contributed by atoms with Gasteiger partial charge >= 0.3 is 0 Å². The number of hydrogen-bond donors (Lipinski definition) is 0. The van der Waals surface area contributed by atoms with Crippen LogP contribution in [0, 0.1) is 17.8 Å². The lowest BCUT2D eigenvalue weighted by Gasteiger charge is -2.27. The van der Waals surface area contributed by atoms with Crippen LogP contribution in [0.2, 0.25) is 0 Å². The van der Waals surface area contributed by atoms with E-state index < -0.39 is 0 Å². The van der Waals surface area contributed by atoms with E-state index in [-0.39, 0.29) is 0 Å². The lowest BCUT2D eigenvalue weighted by Crippen LogP contribution is -2.30. The topological polar surface area (TPSA) is 9.23 Å². The number of hydrogen-bond acceptors (Lipinski definition) is 1. The number of rotatable bonds is 2. The maximum Gasteiger partial charge on any atom is 0.0638 e. The van der Waals surface area contributed by atoms with Crippen LogP contribution in [0.1, 0.15) is 33.6 Å². The Morgan fingerprint density at radius 2 is 2.00 bits per heavy atom. The van der Waals surface area contributed by atoms with E-state index in [1.54, 1.807) is 0 Å². The van der Waals surface area contributed by atoms with Crippen molar-refractivity contribution in [3.8, 4) is 0 Å². The highest BCUT2D eigenvalue weighted by Crippen LogP contribution is 2.50. The van der Waals surface area contributed by atoms with Crippen molar-refractivity contribution in [3.05, 3.63) is 0 Å². The first-order chi connectivity index (χ1) is 5.24. The monoisotopic (exact) mass is 154 g/mol. The summed E-state index contributed by atoms with van der Waals surface area (Å²) in [5.74, 6) is 2.56. The minimum absolute atomic E-state index is 0.630. The van der Waals surface area contributed by atoms with Gasteiger partial charge in [0.05, 0.1) is 12.2 Å². The third kappa shape index (κ3) is 0.936. The summed E-state index contributed by atoms with van der Waals surface area (Å²) in [6, 6.07) is 0. The Labute approximate surface area is 69.1 Å². The van der Waals surface area contributed by atoms with Gasteiger partial charge in [0.1, 0.15) is 0 Å². The highest BCUT2D eigenvalue weighted by atomic mass is 16.5. The highest BCUT2D eigenvalue weighted by Gasteiger charge is 2.53. The molecule has 0 N–H and O–H groups in total. The Balaban J connectivity index is 2.07. The second kappa shape index (κ2) is 2.48. The van der Waals surface area contributed by atoms with Crippen LogP contribution in [-0.2, 0) is 4.74 Å². The molecule has 1 heteroatoms. The van der Waals surface area contributed by atoms with Crippen LogP contribution in [0.4, 0.5) is 0 Å². The van der Waals surface area contributed by atoms with E-state index in [0.29, 0.717) is 12.2 Å². The molecule has 0 aromatic heterocycles. The summed E-state index contributed by atoms with van der Waals surface area (Å²) in [6.07, 6.45) is 3.92. The van der Waals surface area contributed by atoms with Gasteiger partial charge in [-0.1, -0.05) is 27.2 Å². The lowest BCUT2D eigenvalue weighted by molar-refractivity contribution is -0.0838. The summed E-state index contributed by atoms with van der Waals surface area (Å²) < 4.78 is 5.73. The molecule has 0 amide bonds. The average molecular weight is 154 g/mol. The Morgan fingerprint density at radius 3 is 2.36 bits per heavy atom. The zero-order valence-corrected chi connectivity index (χ0v) is 7.71. The summed E-state index contributed by atoms with van der Waals surface area (Å²) in [6.45, 7) is 6.96. The first-order valence-electron chi connectivity index (χ1n) is 4.89. The van der Waals surface area contributed by atoms with Crippen molar-refractivity contribution in [3.63, 3.8) is 0 Å². The molecule has 3 aliphatic rings. The van der Waals surface area contributed by atoms with Gasteiger partial charge < -0.3 is 4.74 Å². The van der Waals surface area contributed by atoms with Gasteiger partial charge in [-0.25, -0.2) is 0 Å². The molecule has 1 aliphatic carbocycles. The van der Waals surface area contributed by atoms with Gasteiger partial charge in [0.15, 0.2) is 0 Å². The first kappa shape index (κ1) is 7.60. The number of ether oxygens (including phenoxy) is 1. The maximum absolute atomic E-state index is 5.73. The van der Waals surface area contributed by atoms with Crippen molar-refractivity contribution in [1.82, 2.24) is 0 Å². The Hall–Kier alpha value is -0.0400. The molecule has 64 valence electrons. The van der Waals surface area contributed by atoms with Crippen molar-refractivity contribution in [2.24, 2.45) is 17.8 Å². The molecule has 4 unspecified atom stereocenters. The molecule has 1 nitrogen and oxygen atoms in total. The van der Waals surface area contributed by atoms with Gasteiger partial charge in [0, 0.05) is 6.42 Å². The summed E-state index contributed by atoms with van der Waals surface area (Å²) in [5.41, 5.74) is 0. The SMILES string of the molecule is CCC1C2CC(O2)C1C(C)C. The fraction of sp³-hybridized carbons (Fsp3) is 1.00. The van der Waals surface area contributed by atoms with Crippen molar-refractivity contribution in [2.45, 2.75) is 45.8 Å². The molecule has 1 saturated carbocycles. The molecule has 2 aliphatic heterocycles. The van der Waals surface area contributed by atoms with Gasteiger partial charge in [0.2, 0.25) is 0 Å². The van der Waals surface area contributed by atoms with Crippen molar-refractivity contribution in [2.75, 3.05) is 0 Å². The second-order valence-corrected chi connectivity index (χ2v) is 4.34. The molecular formula is C10H18O. The highest BCUT2D eigenvalue weighted by molar-refractivity contribution is 5.01. The average Bonchev–Trinajstić information content (AvgIpc) is 2.35. The van der Waals surface area contributed by atoms with Crippen LogP contribution in [0.15, 0.2) is 0 Å². The van der Waals surface area contributed by atoms with Crippen LogP contribution in [0.25, 0.3) is 0 Å². The van der Waals surface area contributed by atoms with E-state index in [4.69, 9.17) is 4.74 Å². The molecule has 0 radical (unpaired) electrons. The molecule has 3 fully saturated rings. The van der Waals surface area contributed by atoms with Crippen molar-refractivity contribution in [1.29, 1.82) is 0 Å². The molecular weight excluding hydrogens is 136 g/mol. The van der Waals surface area contributed by atoms with Crippen LogP contribution >= 0.6 is 0 Å². The molecule has 4 atom stereocenters. The summed E-state index contributed by atoms with van der Waals surface area (Å²) >= 11 is 0. The fourth-order valence-corrected chi connectivity index (χ4v) is 2.95. The normalized spacial score (nSPS) is 48.0. The van der Waals surface area contributed by atoms with Crippen LogP contribution < -0.4 is 0 Å². The van der Waals surface area contributed by atoms with Crippen molar-refractivity contribution >= 4 is 0 Å². The molecule has 11 heavy (non-hydrogen) atoms. The number of fused-ring (bicyclic) bond motifs is 1. The molecule has 0 aromatic rings. The Morgan fingerprint density at radius 1 is 1.36 bits per heavy atom. The Bertz CT molecular complexity index is 147. The second-order valence-electron chi connectivity index (χ2n) is 4.34. The molecule has 2 saturated heterocycles. The minimum Gasteiger partial charge on any atom is -0.374 e. The van der Waals surface area contributed by atoms with E-state index in [0.717, 1.165) is 17.8 Å². The van der Waals surface area contributed by atoms with Gasteiger partial charge in [0.25, 0.3) is 0 Å². The van der Waals surface area contributed by atoms with E-state index in [2.05, 4.69) is 20.8 Å². The molecule has 0 aromatic carbocycles. The molecule has 2 heterocycles. The molecule has 2 bridgehead atoms. The minimum atomic E-state index is 0.630. The van der Waals surface area contributed by atoms with Crippen LogP contribution in [0.3, 0.4) is 0 Å². The predicted molar refractivity (Wildman–Crippen MR) is 45.4 cm³/mol. The van der Waals surface area contributed by atoms with Gasteiger partial charge in [-0.2, -0.15) is 0 Å². The Kier molecular flexibility index (Phi) is 1.71. The first-order valence-corrected chi connectivity index (χ1v) is 4.89. The summed E-state index contributed by atoms with van der Waals surface area (Å²) in [5, 5.41) is 0. The summed E-state index contributed by atoms with van der Waals surface area (Å²) in [7, 11) is 0. The standard InChI is InChI=1S/C10H18O/c1-4-7-8-5-9(11-8)10(7)6(2)3/h6-10H,4-5H2,1-3H3. The van der Waals surface area contributed by atoms with E-state index >= 15 is 0 Å².